The monoisotopic (exact) mass is 290 g/mol. The Hall–Kier alpha value is -1.61. The first-order chi connectivity index (χ1) is 9.58. The number of aryl methyl sites for hydroxylation is 1. The molecule has 0 N–H and O–H groups in total. The maximum atomic E-state index is 12.2. The first-order valence-corrected chi connectivity index (χ1v) is 7.73. The van der Waals surface area contributed by atoms with Crippen molar-refractivity contribution in [1.82, 2.24) is 15.1 Å². The van der Waals surface area contributed by atoms with Crippen LogP contribution in [-0.4, -0.2) is 39.3 Å². The molecule has 0 bridgehead atoms. The Morgan fingerprint density at radius 3 is 2.70 bits per heavy atom. The maximum absolute atomic E-state index is 12.2. The molecule has 1 saturated carbocycles. The molecule has 1 aromatic heterocycles. The molecule has 1 aliphatic rings. The predicted octanol–water partition coefficient (Wildman–Crippen LogP) is 2.07. The minimum Gasteiger partial charge on any atom is -0.339 e. The fourth-order valence-corrected chi connectivity index (χ4v) is 2.92. The highest BCUT2D eigenvalue weighted by Crippen LogP contribution is 2.28. The summed E-state index contributed by atoms with van der Waals surface area (Å²) < 4.78 is 0. The first-order valence-electron chi connectivity index (χ1n) is 6.74. The third kappa shape index (κ3) is 3.10. The molecule has 20 heavy (non-hydrogen) atoms. The van der Waals surface area contributed by atoms with Crippen molar-refractivity contribution in [2.75, 3.05) is 12.3 Å². The molecule has 0 spiro atoms. The number of thioether (sulfide) groups is 1. The van der Waals surface area contributed by atoms with Crippen molar-refractivity contribution in [2.24, 2.45) is 0 Å². The molecule has 6 heteroatoms. The number of amides is 1. The molecular weight excluding hydrogens is 272 g/mol. The molecule has 5 nitrogen and oxygen atoms in total. The highest BCUT2D eigenvalue weighted by Gasteiger charge is 2.31. The van der Waals surface area contributed by atoms with Gasteiger partial charge < -0.3 is 4.90 Å². The molecule has 1 heterocycles. The van der Waals surface area contributed by atoms with E-state index in [1.54, 1.807) is 0 Å². The summed E-state index contributed by atoms with van der Waals surface area (Å²) in [7, 11) is 0. The minimum absolute atomic E-state index is 0.115. The van der Waals surface area contributed by atoms with Crippen LogP contribution >= 0.6 is 11.8 Å². The van der Waals surface area contributed by atoms with Crippen LogP contribution in [0.4, 0.5) is 0 Å². The van der Waals surface area contributed by atoms with Crippen LogP contribution in [0.1, 0.15) is 36.6 Å². The van der Waals surface area contributed by atoms with E-state index in [0.29, 0.717) is 22.4 Å². The van der Waals surface area contributed by atoms with Crippen molar-refractivity contribution < 1.29 is 4.79 Å². The Labute approximate surface area is 123 Å². The summed E-state index contributed by atoms with van der Waals surface area (Å²) in [5.41, 5.74) is 2.13. The fraction of sp³-hybridized carbons (Fsp3) is 0.571. The maximum Gasteiger partial charge on any atom is 0.233 e. The summed E-state index contributed by atoms with van der Waals surface area (Å²) in [5.74, 6) is 0.430. The predicted molar refractivity (Wildman–Crippen MR) is 77.4 cm³/mol. The van der Waals surface area contributed by atoms with E-state index in [1.807, 2.05) is 25.7 Å². The van der Waals surface area contributed by atoms with Gasteiger partial charge in [-0.15, -0.1) is 5.10 Å². The van der Waals surface area contributed by atoms with Gasteiger partial charge >= 0.3 is 0 Å². The third-order valence-electron chi connectivity index (χ3n) is 3.52. The highest BCUT2D eigenvalue weighted by atomic mass is 32.2. The number of nitriles is 1. The van der Waals surface area contributed by atoms with E-state index < -0.39 is 0 Å². The van der Waals surface area contributed by atoms with E-state index in [0.717, 1.165) is 30.6 Å². The molecule has 2 rings (SSSR count). The Bertz CT molecular complexity index is 563. The second-order valence-corrected chi connectivity index (χ2v) is 5.87. The third-order valence-corrected chi connectivity index (χ3v) is 4.47. The van der Waals surface area contributed by atoms with E-state index in [4.69, 9.17) is 0 Å². The van der Waals surface area contributed by atoms with Gasteiger partial charge in [0.2, 0.25) is 5.91 Å². The number of carbonyl (C=O) groups is 1. The zero-order valence-corrected chi connectivity index (χ0v) is 12.8. The van der Waals surface area contributed by atoms with Crippen molar-refractivity contribution in [2.45, 2.75) is 44.7 Å². The average Bonchev–Trinajstić information content (AvgIpc) is 3.25. The number of nitrogens with zero attached hydrogens (tertiary/aromatic N) is 4. The minimum atomic E-state index is 0.115. The summed E-state index contributed by atoms with van der Waals surface area (Å²) in [6, 6.07) is 2.58. The Kier molecular flexibility index (Phi) is 4.61. The number of hydrogen-bond donors (Lipinski definition) is 0. The van der Waals surface area contributed by atoms with Gasteiger partial charge in [-0.25, -0.2) is 0 Å². The highest BCUT2D eigenvalue weighted by molar-refractivity contribution is 7.99. The zero-order valence-electron chi connectivity index (χ0n) is 12.0. The molecule has 1 fully saturated rings. The van der Waals surface area contributed by atoms with E-state index in [2.05, 4.69) is 16.3 Å². The van der Waals surface area contributed by atoms with Crippen LogP contribution in [0.2, 0.25) is 0 Å². The Morgan fingerprint density at radius 1 is 1.45 bits per heavy atom. The lowest BCUT2D eigenvalue weighted by Crippen LogP contribution is -2.34. The van der Waals surface area contributed by atoms with Crippen LogP contribution in [0.3, 0.4) is 0 Å². The first kappa shape index (κ1) is 14.8. The van der Waals surface area contributed by atoms with E-state index in [-0.39, 0.29) is 5.91 Å². The van der Waals surface area contributed by atoms with Crippen molar-refractivity contribution >= 4 is 17.7 Å². The van der Waals surface area contributed by atoms with Crippen LogP contribution in [0.15, 0.2) is 5.03 Å². The van der Waals surface area contributed by atoms with Crippen LogP contribution in [0, 0.1) is 25.2 Å². The number of carbonyl (C=O) groups excluding carboxylic acids is 1. The second kappa shape index (κ2) is 6.23. The molecule has 1 aromatic rings. The molecule has 1 aliphatic carbocycles. The lowest BCUT2D eigenvalue weighted by molar-refractivity contribution is -0.128. The van der Waals surface area contributed by atoms with Crippen molar-refractivity contribution in [3.8, 4) is 6.07 Å². The Balaban J connectivity index is 2.06. The van der Waals surface area contributed by atoms with Gasteiger partial charge in [0, 0.05) is 12.6 Å². The summed E-state index contributed by atoms with van der Waals surface area (Å²) in [6.45, 7) is 6.43. The average molecular weight is 290 g/mol. The molecule has 0 aliphatic heterocycles. The van der Waals surface area contributed by atoms with Gasteiger partial charge in [0.1, 0.15) is 11.1 Å². The van der Waals surface area contributed by atoms with Crippen molar-refractivity contribution in [3.05, 3.63) is 16.8 Å². The largest absolute Gasteiger partial charge is 0.339 e. The Morgan fingerprint density at radius 2 is 2.15 bits per heavy atom. The summed E-state index contributed by atoms with van der Waals surface area (Å²) in [6.07, 6.45) is 2.22. The van der Waals surface area contributed by atoms with Gasteiger partial charge in [-0.3, -0.25) is 4.79 Å². The van der Waals surface area contributed by atoms with Crippen LogP contribution in [-0.2, 0) is 4.79 Å². The lowest BCUT2D eigenvalue weighted by Gasteiger charge is -2.20. The van der Waals surface area contributed by atoms with E-state index >= 15 is 0 Å². The van der Waals surface area contributed by atoms with Crippen LogP contribution in [0.25, 0.3) is 0 Å². The molecule has 0 atom stereocenters. The second-order valence-electron chi connectivity index (χ2n) is 4.90. The molecule has 0 saturated heterocycles. The standard InChI is InChI=1S/C14H18N4OS/c1-4-18(11-5-6-11)13(19)8-20-14-12(7-15)9(2)10(3)16-17-14/h11H,4-6,8H2,1-3H3. The normalized spacial score (nSPS) is 13.9. The van der Waals surface area contributed by atoms with Gasteiger partial charge in [-0.1, -0.05) is 11.8 Å². The summed E-state index contributed by atoms with van der Waals surface area (Å²) in [4.78, 5) is 14.1. The number of hydrogen-bond acceptors (Lipinski definition) is 5. The molecule has 0 unspecified atom stereocenters. The van der Waals surface area contributed by atoms with Crippen LogP contribution in [0.5, 0.6) is 0 Å². The number of rotatable bonds is 5. The van der Waals surface area contributed by atoms with Gasteiger partial charge in [0.15, 0.2) is 0 Å². The molecular formula is C14H18N4OS. The van der Waals surface area contributed by atoms with E-state index in [1.165, 1.54) is 11.8 Å². The van der Waals surface area contributed by atoms with Gasteiger partial charge in [0.05, 0.1) is 17.0 Å². The summed E-state index contributed by atoms with van der Waals surface area (Å²) in [5, 5.41) is 17.8. The van der Waals surface area contributed by atoms with Crippen molar-refractivity contribution in [1.29, 1.82) is 5.26 Å². The van der Waals surface area contributed by atoms with Gasteiger partial charge in [-0.2, -0.15) is 10.4 Å². The lowest BCUT2D eigenvalue weighted by atomic mass is 10.1. The topological polar surface area (TPSA) is 69.9 Å². The SMILES string of the molecule is CCN(C(=O)CSc1nnc(C)c(C)c1C#N)C1CC1. The number of aromatic nitrogens is 2. The zero-order chi connectivity index (χ0) is 14.7. The fourth-order valence-electron chi connectivity index (χ4n) is 2.06. The smallest absolute Gasteiger partial charge is 0.233 e. The molecule has 0 aromatic carbocycles. The van der Waals surface area contributed by atoms with Crippen molar-refractivity contribution in [3.63, 3.8) is 0 Å². The quantitative estimate of drug-likeness (QED) is 0.776. The van der Waals surface area contributed by atoms with E-state index in [9.17, 15) is 10.1 Å². The van der Waals surface area contributed by atoms with Crippen LogP contribution < -0.4 is 0 Å². The molecule has 0 radical (unpaired) electrons. The molecule has 106 valence electrons. The van der Waals surface area contributed by atoms with Gasteiger partial charge in [-0.05, 0) is 39.2 Å². The molecule has 1 amide bonds. The summed E-state index contributed by atoms with van der Waals surface area (Å²) >= 11 is 1.30. The van der Waals surface area contributed by atoms with Gasteiger partial charge in [0.25, 0.3) is 0 Å².